The second-order valence-electron chi connectivity index (χ2n) is 4.44. The highest BCUT2D eigenvalue weighted by molar-refractivity contribution is 5.13. The zero-order chi connectivity index (χ0) is 7.59. The van der Waals surface area contributed by atoms with Gasteiger partial charge in [-0.05, 0) is 25.8 Å². The summed E-state index contributed by atoms with van der Waals surface area (Å²) in [6, 6.07) is 1.52. The van der Waals surface area contributed by atoms with E-state index in [0.29, 0.717) is 12.2 Å². The number of nitrogens with zero attached hydrogens (tertiary/aromatic N) is 1. The predicted octanol–water partition coefficient (Wildman–Crippen LogP) is 0.866. The molecule has 3 fully saturated rings. The lowest BCUT2D eigenvalue weighted by Crippen LogP contribution is -2.44. The van der Waals surface area contributed by atoms with Crippen LogP contribution in [0.25, 0.3) is 0 Å². The number of epoxide rings is 1. The molecule has 2 nitrogen and oxygen atoms in total. The van der Waals surface area contributed by atoms with Crippen LogP contribution in [0.4, 0.5) is 0 Å². The van der Waals surface area contributed by atoms with Gasteiger partial charge in [0.15, 0.2) is 0 Å². The first kappa shape index (κ1) is 6.44. The van der Waals surface area contributed by atoms with Crippen LogP contribution in [0.15, 0.2) is 0 Å². The maximum Gasteiger partial charge on any atom is 0.101 e. The molecule has 0 aliphatic carbocycles. The predicted molar refractivity (Wildman–Crippen MR) is 42.4 cm³/mol. The average molecular weight is 153 g/mol. The molecule has 3 aliphatic rings. The first-order valence-electron chi connectivity index (χ1n) is 4.65. The molecule has 0 radical (unpaired) electrons. The first-order chi connectivity index (χ1) is 5.27. The molecule has 3 aliphatic heterocycles. The quantitative estimate of drug-likeness (QED) is 0.480. The van der Waals surface area contributed by atoms with Crippen LogP contribution in [-0.2, 0) is 4.74 Å². The van der Waals surface area contributed by atoms with E-state index in [2.05, 4.69) is 18.9 Å². The van der Waals surface area contributed by atoms with Gasteiger partial charge in [-0.1, -0.05) is 6.92 Å². The number of ether oxygens (including phenoxy) is 1. The van der Waals surface area contributed by atoms with Crippen LogP contribution in [0.2, 0.25) is 0 Å². The second kappa shape index (κ2) is 1.80. The molecule has 2 heteroatoms. The lowest BCUT2D eigenvalue weighted by atomic mass is 9.92. The fraction of sp³-hybridized carbons (Fsp3) is 1.00. The summed E-state index contributed by atoms with van der Waals surface area (Å²) < 4.78 is 5.60. The Morgan fingerprint density at radius 3 is 2.27 bits per heavy atom. The minimum absolute atomic E-state index is 0.620. The Bertz CT molecular complexity index is 176. The molecule has 2 bridgehead atoms. The van der Waals surface area contributed by atoms with Gasteiger partial charge in [-0.25, -0.2) is 0 Å². The van der Waals surface area contributed by atoms with E-state index >= 15 is 0 Å². The molecule has 0 aromatic heterocycles. The molecule has 3 rings (SSSR count). The zero-order valence-corrected chi connectivity index (χ0v) is 7.16. The van der Waals surface area contributed by atoms with E-state index in [4.69, 9.17) is 4.74 Å². The summed E-state index contributed by atoms with van der Waals surface area (Å²) in [5.41, 5.74) is 0. The number of hydrogen-bond donors (Lipinski definition) is 0. The first-order valence-corrected chi connectivity index (χ1v) is 4.65. The molecule has 0 aromatic rings. The molecule has 11 heavy (non-hydrogen) atoms. The number of hydrogen-bond acceptors (Lipinski definition) is 2. The molecular formula is C9H15NO. The third-order valence-corrected chi connectivity index (χ3v) is 3.65. The second-order valence-corrected chi connectivity index (χ2v) is 4.44. The molecule has 0 amide bonds. The number of fused-ring (bicyclic) bond motifs is 5. The molecule has 0 aromatic carbocycles. The molecule has 0 saturated carbocycles. The Labute approximate surface area is 67.5 Å². The van der Waals surface area contributed by atoms with Crippen molar-refractivity contribution in [3.63, 3.8) is 0 Å². The third-order valence-electron chi connectivity index (χ3n) is 3.65. The summed E-state index contributed by atoms with van der Waals surface area (Å²) in [5, 5.41) is 0. The number of rotatable bonds is 0. The monoisotopic (exact) mass is 153 g/mol. The fourth-order valence-corrected chi connectivity index (χ4v) is 2.99. The Morgan fingerprint density at radius 1 is 1.18 bits per heavy atom. The van der Waals surface area contributed by atoms with Crippen LogP contribution in [0.3, 0.4) is 0 Å². The van der Waals surface area contributed by atoms with E-state index in [-0.39, 0.29) is 0 Å². The van der Waals surface area contributed by atoms with Crippen molar-refractivity contribution in [1.82, 2.24) is 4.90 Å². The number of morpholine rings is 1. The van der Waals surface area contributed by atoms with E-state index in [0.717, 1.165) is 18.0 Å². The van der Waals surface area contributed by atoms with E-state index in [1.54, 1.807) is 0 Å². The minimum Gasteiger partial charge on any atom is -0.366 e. The van der Waals surface area contributed by atoms with Crippen LogP contribution < -0.4 is 0 Å². The Hall–Kier alpha value is -0.0800. The molecule has 0 spiro atoms. The van der Waals surface area contributed by atoms with Crippen molar-refractivity contribution in [3.8, 4) is 0 Å². The summed E-state index contributed by atoms with van der Waals surface area (Å²) in [6.07, 6.45) is 3.95. The lowest BCUT2D eigenvalue weighted by molar-refractivity contribution is 0.0526. The van der Waals surface area contributed by atoms with Crippen molar-refractivity contribution in [1.29, 1.82) is 0 Å². The van der Waals surface area contributed by atoms with E-state index in [1.165, 1.54) is 12.8 Å². The molecule has 3 saturated heterocycles. The van der Waals surface area contributed by atoms with Crippen LogP contribution in [0.5, 0.6) is 0 Å². The zero-order valence-electron chi connectivity index (χ0n) is 7.16. The number of likely N-dealkylation sites (N-methyl/N-ethyl adjacent to an activating group) is 1. The van der Waals surface area contributed by atoms with Crippen LogP contribution in [0, 0.1) is 5.92 Å². The fourth-order valence-electron chi connectivity index (χ4n) is 2.99. The Balaban J connectivity index is 1.90. The summed E-state index contributed by atoms with van der Waals surface area (Å²) in [7, 11) is 2.26. The van der Waals surface area contributed by atoms with Gasteiger partial charge in [-0.2, -0.15) is 0 Å². The maximum atomic E-state index is 5.60. The van der Waals surface area contributed by atoms with Crippen molar-refractivity contribution in [2.45, 2.75) is 44.1 Å². The molecule has 0 N–H and O–H groups in total. The van der Waals surface area contributed by atoms with Gasteiger partial charge in [-0.15, -0.1) is 0 Å². The minimum atomic E-state index is 0.620. The largest absolute Gasteiger partial charge is 0.366 e. The summed E-state index contributed by atoms with van der Waals surface area (Å²) >= 11 is 0. The van der Waals surface area contributed by atoms with Crippen molar-refractivity contribution in [3.05, 3.63) is 0 Å². The molecule has 3 heterocycles. The lowest BCUT2D eigenvalue weighted by Gasteiger charge is -2.36. The molecule has 62 valence electrons. The van der Waals surface area contributed by atoms with E-state index in [1.807, 2.05) is 0 Å². The van der Waals surface area contributed by atoms with Gasteiger partial charge in [0.25, 0.3) is 0 Å². The van der Waals surface area contributed by atoms with Crippen molar-refractivity contribution >= 4 is 0 Å². The Kier molecular flexibility index (Phi) is 1.06. The van der Waals surface area contributed by atoms with Crippen LogP contribution >= 0.6 is 0 Å². The molecule has 4 unspecified atom stereocenters. The molecular weight excluding hydrogens is 138 g/mol. The van der Waals surface area contributed by atoms with Crippen molar-refractivity contribution in [2.75, 3.05) is 7.05 Å². The van der Waals surface area contributed by atoms with Crippen LogP contribution in [0.1, 0.15) is 19.8 Å². The third kappa shape index (κ3) is 0.695. The summed E-state index contributed by atoms with van der Waals surface area (Å²) in [6.45, 7) is 2.37. The van der Waals surface area contributed by atoms with Gasteiger partial charge < -0.3 is 4.74 Å². The standard InChI is InChI=1S/C9H15NO/c1-5-3-6-8-9(11-8)7(4-5)10(6)2/h5-9H,3-4H2,1-2H3. The van der Waals surface area contributed by atoms with E-state index < -0.39 is 0 Å². The highest BCUT2D eigenvalue weighted by Crippen LogP contribution is 2.48. The topological polar surface area (TPSA) is 15.8 Å². The van der Waals surface area contributed by atoms with Gasteiger partial charge in [0.1, 0.15) is 12.2 Å². The maximum absolute atomic E-state index is 5.60. The highest BCUT2D eigenvalue weighted by Gasteiger charge is 2.61. The van der Waals surface area contributed by atoms with Crippen molar-refractivity contribution < 1.29 is 4.74 Å². The summed E-state index contributed by atoms with van der Waals surface area (Å²) in [5.74, 6) is 0.928. The smallest absolute Gasteiger partial charge is 0.101 e. The van der Waals surface area contributed by atoms with Gasteiger partial charge in [0.05, 0.1) is 0 Å². The highest BCUT2D eigenvalue weighted by atomic mass is 16.6. The van der Waals surface area contributed by atoms with E-state index in [9.17, 15) is 0 Å². The van der Waals surface area contributed by atoms with Gasteiger partial charge in [0, 0.05) is 12.1 Å². The summed E-state index contributed by atoms with van der Waals surface area (Å²) in [4.78, 5) is 2.54. The SMILES string of the molecule is CC1CC2C3OC3C(C1)N2C. The van der Waals surface area contributed by atoms with Gasteiger partial charge in [-0.3, -0.25) is 4.90 Å². The van der Waals surface area contributed by atoms with Crippen LogP contribution in [-0.4, -0.2) is 36.2 Å². The van der Waals surface area contributed by atoms with Gasteiger partial charge in [0.2, 0.25) is 0 Å². The van der Waals surface area contributed by atoms with Gasteiger partial charge >= 0.3 is 0 Å². The average Bonchev–Trinajstić information content (AvgIpc) is 2.66. The molecule has 4 atom stereocenters. The Morgan fingerprint density at radius 2 is 1.73 bits per heavy atom. The normalized spacial score (nSPS) is 61.1. The van der Waals surface area contributed by atoms with Crippen molar-refractivity contribution in [2.24, 2.45) is 5.92 Å². The number of piperidine rings is 1.